The number of benzene rings is 2. The molecule has 110 valence electrons. The van der Waals surface area contributed by atoms with Crippen molar-refractivity contribution in [2.24, 2.45) is 0 Å². The lowest BCUT2D eigenvalue weighted by molar-refractivity contribution is 0.0937. The second-order valence-electron chi connectivity index (χ2n) is 4.64. The summed E-state index contributed by atoms with van der Waals surface area (Å²) in [5.41, 5.74) is 1.18. The van der Waals surface area contributed by atoms with Crippen molar-refractivity contribution in [3.63, 3.8) is 0 Å². The van der Waals surface area contributed by atoms with Crippen LogP contribution in [0.25, 0.3) is 0 Å². The van der Waals surface area contributed by atoms with Crippen molar-refractivity contribution in [1.82, 2.24) is 5.32 Å². The molecule has 2 aromatic rings. The van der Waals surface area contributed by atoms with Crippen LogP contribution >= 0.6 is 31.9 Å². The zero-order valence-corrected chi connectivity index (χ0v) is 14.3. The van der Waals surface area contributed by atoms with Crippen LogP contribution in [-0.4, -0.2) is 17.3 Å². The van der Waals surface area contributed by atoms with Crippen molar-refractivity contribution in [3.05, 3.63) is 69.9 Å². The van der Waals surface area contributed by atoms with Crippen molar-refractivity contribution in [2.45, 2.75) is 12.5 Å². The number of hydrogen-bond acceptors (Lipinski definition) is 1. The summed E-state index contributed by atoms with van der Waals surface area (Å²) >= 11 is 6.56. The molecule has 0 saturated carbocycles. The van der Waals surface area contributed by atoms with Crippen molar-refractivity contribution >= 4 is 37.8 Å². The summed E-state index contributed by atoms with van der Waals surface area (Å²) in [6, 6.07) is 14.2. The Morgan fingerprint density at radius 3 is 2.52 bits per heavy atom. The number of carbonyl (C=O) groups excluding carboxylic acids is 1. The zero-order chi connectivity index (χ0) is 15.2. The van der Waals surface area contributed by atoms with E-state index in [0.717, 1.165) is 5.56 Å². The minimum absolute atomic E-state index is 0.0530. The number of halogens is 3. The first-order valence-electron chi connectivity index (χ1n) is 6.46. The fraction of sp³-hybridized carbons (Fsp3) is 0.188. The molecule has 0 spiro atoms. The highest BCUT2D eigenvalue weighted by Gasteiger charge is 2.16. The third-order valence-electron chi connectivity index (χ3n) is 3.02. The first-order chi connectivity index (χ1) is 10.1. The van der Waals surface area contributed by atoms with Crippen LogP contribution in [0.1, 0.15) is 15.9 Å². The molecule has 0 aliphatic heterocycles. The van der Waals surface area contributed by atoms with Crippen molar-refractivity contribution in [2.75, 3.05) is 5.33 Å². The quantitative estimate of drug-likeness (QED) is 0.725. The molecular formula is C16H14Br2FNO. The molecule has 1 N–H and O–H groups in total. The van der Waals surface area contributed by atoms with E-state index < -0.39 is 11.7 Å². The standard InChI is InChI=1S/C16H14Br2FNO/c17-10-13(8-11-4-2-1-3-5-11)20-16(21)14-7-6-12(18)9-15(14)19/h1-7,9,13H,8,10H2,(H,20,21). The second-order valence-corrected chi connectivity index (χ2v) is 6.20. The normalized spacial score (nSPS) is 12.0. The van der Waals surface area contributed by atoms with E-state index in [4.69, 9.17) is 0 Å². The molecule has 0 saturated heterocycles. The maximum atomic E-state index is 13.8. The zero-order valence-electron chi connectivity index (χ0n) is 11.2. The minimum atomic E-state index is -0.532. The van der Waals surface area contributed by atoms with Gasteiger partial charge in [-0.2, -0.15) is 0 Å². The van der Waals surface area contributed by atoms with Crippen LogP contribution in [0.4, 0.5) is 4.39 Å². The van der Waals surface area contributed by atoms with Gasteiger partial charge in [-0.05, 0) is 30.2 Å². The summed E-state index contributed by atoms with van der Waals surface area (Å²) in [6.45, 7) is 0. The maximum absolute atomic E-state index is 13.8. The summed E-state index contributed by atoms with van der Waals surface area (Å²) in [5.74, 6) is -0.935. The van der Waals surface area contributed by atoms with Gasteiger partial charge in [0.1, 0.15) is 5.82 Å². The highest BCUT2D eigenvalue weighted by molar-refractivity contribution is 9.10. The van der Waals surface area contributed by atoms with Gasteiger partial charge in [0.25, 0.3) is 5.91 Å². The first kappa shape index (κ1) is 16.2. The van der Waals surface area contributed by atoms with Crippen LogP contribution in [0, 0.1) is 5.82 Å². The molecule has 1 atom stereocenters. The number of carbonyl (C=O) groups is 1. The Labute approximate surface area is 140 Å². The van der Waals surface area contributed by atoms with Gasteiger partial charge >= 0.3 is 0 Å². The lowest BCUT2D eigenvalue weighted by atomic mass is 10.1. The number of hydrogen-bond donors (Lipinski definition) is 1. The van der Waals surface area contributed by atoms with Crippen molar-refractivity contribution < 1.29 is 9.18 Å². The molecule has 2 rings (SSSR count). The van der Waals surface area contributed by atoms with Crippen LogP contribution in [0.2, 0.25) is 0 Å². The minimum Gasteiger partial charge on any atom is -0.348 e. The van der Waals surface area contributed by atoms with Gasteiger partial charge in [0.15, 0.2) is 0 Å². The molecule has 5 heteroatoms. The molecule has 1 amide bonds. The lowest BCUT2D eigenvalue weighted by Gasteiger charge is -2.16. The fourth-order valence-corrected chi connectivity index (χ4v) is 2.70. The summed E-state index contributed by atoms with van der Waals surface area (Å²) in [4.78, 5) is 12.1. The second kappa shape index (κ2) is 7.71. The first-order valence-corrected chi connectivity index (χ1v) is 8.37. The third kappa shape index (κ3) is 4.64. The maximum Gasteiger partial charge on any atom is 0.254 e. The van der Waals surface area contributed by atoms with Crippen LogP contribution in [0.5, 0.6) is 0 Å². The van der Waals surface area contributed by atoms with Crippen LogP contribution in [0.15, 0.2) is 53.0 Å². The Hall–Kier alpha value is -1.20. The summed E-state index contributed by atoms with van der Waals surface area (Å²) in [5, 5.41) is 3.45. The van der Waals surface area contributed by atoms with E-state index >= 15 is 0 Å². The predicted molar refractivity (Wildman–Crippen MR) is 89.3 cm³/mol. The highest BCUT2D eigenvalue weighted by atomic mass is 79.9. The van der Waals surface area contributed by atoms with E-state index in [1.54, 1.807) is 6.07 Å². The van der Waals surface area contributed by atoms with Gasteiger partial charge in [0.05, 0.1) is 5.56 Å². The van der Waals surface area contributed by atoms with Crippen LogP contribution in [-0.2, 0) is 6.42 Å². The number of rotatable bonds is 5. The van der Waals surface area contributed by atoms with Crippen molar-refractivity contribution in [3.8, 4) is 0 Å². The Bertz CT molecular complexity index is 619. The molecule has 2 nitrogen and oxygen atoms in total. The highest BCUT2D eigenvalue weighted by Crippen LogP contribution is 2.15. The number of nitrogens with one attached hydrogen (secondary N) is 1. The monoisotopic (exact) mass is 413 g/mol. The molecule has 0 bridgehead atoms. The van der Waals surface area contributed by atoms with Crippen LogP contribution in [0.3, 0.4) is 0 Å². The average molecular weight is 415 g/mol. The molecule has 0 fully saturated rings. The fourth-order valence-electron chi connectivity index (χ4n) is 1.98. The Morgan fingerprint density at radius 2 is 1.90 bits per heavy atom. The Kier molecular flexibility index (Phi) is 5.94. The molecule has 2 aromatic carbocycles. The predicted octanol–water partition coefficient (Wildman–Crippen LogP) is 4.32. The molecule has 0 aliphatic carbocycles. The molecule has 1 unspecified atom stereocenters. The van der Waals surface area contributed by atoms with Gasteiger partial charge in [-0.15, -0.1) is 0 Å². The average Bonchev–Trinajstić information content (AvgIpc) is 2.47. The molecule has 0 radical (unpaired) electrons. The van der Waals surface area contributed by atoms with E-state index in [0.29, 0.717) is 16.2 Å². The number of amides is 1. The van der Waals surface area contributed by atoms with Crippen LogP contribution < -0.4 is 5.32 Å². The lowest BCUT2D eigenvalue weighted by Crippen LogP contribution is -2.38. The van der Waals surface area contributed by atoms with E-state index in [1.165, 1.54) is 12.1 Å². The van der Waals surface area contributed by atoms with Gasteiger partial charge in [-0.1, -0.05) is 62.2 Å². The van der Waals surface area contributed by atoms with Gasteiger partial charge in [0.2, 0.25) is 0 Å². The largest absolute Gasteiger partial charge is 0.348 e. The molecule has 0 aromatic heterocycles. The molecular weight excluding hydrogens is 401 g/mol. The van der Waals surface area contributed by atoms with Gasteiger partial charge < -0.3 is 5.32 Å². The summed E-state index contributed by atoms with van der Waals surface area (Å²) in [6.07, 6.45) is 0.690. The molecule has 0 heterocycles. The molecule has 0 aliphatic rings. The Morgan fingerprint density at radius 1 is 1.19 bits per heavy atom. The topological polar surface area (TPSA) is 29.1 Å². The number of alkyl halides is 1. The third-order valence-corrected chi connectivity index (χ3v) is 4.30. The molecule has 21 heavy (non-hydrogen) atoms. The van der Waals surface area contributed by atoms with E-state index in [2.05, 4.69) is 37.2 Å². The smallest absolute Gasteiger partial charge is 0.254 e. The summed E-state index contributed by atoms with van der Waals surface area (Å²) in [7, 11) is 0. The van der Waals surface area contributed by atoms with E-state index in [-0.39, 0.29) is 11.6 Å². The van der Waals surface area contributed by atoms with Gasteiger partial charge in [-0.25, -0.2) is 4.39 Å². The Balaban J connectivity index is 2.06. The summed E-state index contributed by atoms with van der Waals surface area (Å²) < 4.78 is 14.4. The van der Waals surface area contributed by atoms with E-state index in [1.807, 2.05) is 30.3 Å². The SMILES string of the molecule is O=C(NC(CBr)Cc1ccccc1)c1ccc(Br)cc1F. The van der Waals surface area contributed by atoms with Crippen molar-refractivity contribution in [1.29, 1.82) is 0 Å². The van der Waals surface area contributed by atoms with Gasteiger partial charge in [0, 0.05) is 15.8 Å². The van der Waals surface area contributed by atoms with E-state index in [9.17, 15) is 9.18 Å². The van der Waals surface area contributed by atoms with Gasteiger partial charge in [-0.3, -0.25) is 4.79 Å².